The molecule has 3 aromatic rings. The number of rotatable bonds is 5. The fourth-order valence-electron chi connectivity index (χ4n) is 2.34. The van der Waals surface area contributed by atoms with E-state index in [1.54, 1.807) is 16.9 Å². The molecule has 0 fully saturated rings. The maximum absolute atomic E-state index is 13.3. The average Bonchev–Trinajstić information content (AvgIpc) is 3.09. The number of benzene rings is 2. The maximum atomic E-state index is 13.3. The second kappa shape index (κ2) is 7.40. The Morgan fingerprint density at radius 3 is 2.67 bits per heavy atom. The predicted molar refractivity (Wildman–Crippen MR) is 93.7 cm³/mol. The molecule has 0 spiro atoms. The number of carbonyl (C=O) groups is 1. The van der Waals surface area contributed by atoms with E-state index in [0.29, 0.717) is 23.0 Å². The highest BCUT2D eigenvalue weighted by Crippen LogP contribution is 2.15. The molecule has 0 aliphatic heterocycles. The molecular formula is C18H15BrFN3O. The quantitative estimate of drug-likeness (QED) is 0.724. The van der Waals surface area contributed by atoms with Gasteiger partial charge in [0.05, 0.1) is 5.69 Å². The molecule has 0 saturated carbocycles. The zero-order chi connectivity index (χ0) is 16.9. The van der Waals surface area contributed by atoms with Crippen molar-refractivity contribution in [2.45, 2.75) is 6.42 Å². The minimum atomic E-state index is -0.441. The summed E-state index contributed by atoms with van der Waals surface area (Å²) in [4.78, 5) is 12.0. The van der Waals surface area contributed by atoms with Gasteiger partial charge in [0.15, 0.2) is 0 Å². The topological polar surface area (TPSA) is 46.9 Å². The van der Waals surface area contributed by atoms with Crippen molar-refractivity contribution in [1.82, 2.24) is 15.1 Å². The lowest BCUT2D eigenvalue weighted by Crippen LogP contribution is -2.25. The Kier molecular flexibility index (Phi) is 5.05. The molecule has 24 heavy (non-hydrogen) atoms. The van der Waals surface area contributed by atoms with Crippen LogP contribution in [-0.4, -0.2) is 22.2 Å². The van der Waals surface area contributed by atoms with Gasteiger partial charge < -0.3 is 5.32 Å². The Balaban J connectivity index is 1.55. The summed E-state index contributed by atoms with van der Waals surface area (Å²) < 4.78 is 15.6. The van der Waals surface area contributed by atoms with Gasteiger partial charge in [-0.15, -0.1) is 0 Å². The van der Waals surface area contributed by atoms with Gasteiger partial charge in [-0.25, -0.2) is 9.07 Å². The summed E-state index contributed by atoms with van der Waals surface area (Å²) >= 11 is 3.18. The number of hydrogen-bond donors (Lipinski definition) is 1. The van der Waals surface area contributed by atoms with Gasteiger partial charge in [0.2, 0.25) is 0 Å². The molecule has 0 saturated heterocycles. The van der Waals surface area contributed by atoms with E-state index in [2.05, 4.69) is 26.3 Å². The molecule has 122 valence electrons. The van der Waals surface area contributed by atoms with Gasteiger partial charge in [0.25, 0.3) is 5.91 Å². The maximum Gasteiger partial charge on any atom is 0.251 e. The third kappa shape index (κ3) is 4.08. The molecule has 1 N–H and O–H groups in total. The van der Waals surface area contributed by atoms with E-state index in [-0.39, 0.29) is 5.91 Å². The first-order valence-corrected chi connectivity index (χ1v) is 8.24. The van der Waals surface area contributed by atoms with Crippen LogP contribution in [0.5, 0.6) is 0 Å². The van der Waals surface area contributed by atoms with Gasteiger partial charge in [-0.3, -0.25) is 4.79 Å². The normalized spacial score (nSPS) is 10.6. The van der Waals surface area contributed by atoms with Crippen LogP contribution in [0.15, 0.2) is 65.4 Å². The molecule has 0 atom stereocenters. The van der Waals surface area contributed by atoms with Crippen LogP contribution >= 0.6 is 15.9 Å². The number of halogens is 2. The fraction of sp³-hybridized carbons (Fsp3) is 0.111. The average molecular weight is 388 g/mol. The van der Waals surface area contributed by atoms with E-state index in [1.807, 2.05) is 36.5 Å². The van der Waals surface area contributed by atoms with Crippen molar-refractivity contribution in [3.8, 4) is 5.69 Å². The van der Waals surface area contributed by atoms with Crippen molar-refractivity contribution in [1.29, 1.82) is 0 Å². The largest absolute Gasteiger partial charge is 0.352 e. The van der Waals surface area contributed by atoms with E-state index in [0.717, 1.165) is 11.3 Å². The lowest BCUT2D eigenvalue weighted by Gasteiger charge is -2.07. The molecule has 1 amide bonds. The second-order valence-corrected chi connectivity index (χ2v) is 6.20. The molecular weight excluding hydrogens is 373 g/mol. The van der Waals surface area contributed by atoms with Crippen molar-refractivity contribution < 1.29 is 9.18 Å². The molecule has 0 aliphatic rings. The fourth-order valence-corrected chi connectivity index (χ4v) is 2.81. The Morgan fingerprint density at radius 2 is 2.00 bits per heavy atom. The van der Waals surface area contributed by atoms with Crippen molar-refractivity contribution in [3.05, 3.63) is 82.3 Å². The molecule has 6 heteroatoms. The van der Waals surface area contributed by atoms with Crippen molar-refractivity contribution in [2.24, 2.45) is 0 Å². The van der Waals surface area contributed by atoms with Crippen LogP contribution in [0.1, 0.15) is 15.9 Å². The number of nitrogens with zero attached hydrogens (tertiary/aromatic N) is 2. The lowest BCUT2D eigenvalue weighted by molar-refractivity contribution is 0.0953. The zero-order valence-electron chi connectivity index (χ0n) is 12.7. The molecule has 0 unspecified atom stereocenters. The Bertz CT molecular complexity index is 812. The summed E-state index contributed by atoms with van der Waals surface area (Å²) in [6, 6.07) is 14.0. The van der Waals surface area contributed by atoms with E-state index in [1.165, 1.54) is 12.1 Å². The Labute approximate surface area is 147 Å². The van der Waals surface area contributed by atoms with E-state index >= 15 is 0 Å². The van der Waals surface area contributed by atoms with Crippen LogP contribution in [0.4, 0.5) is 4.39 Å². The van der Waals surface area contributed by atoms with Crippen LogP contribution < -0.4 is 5.32 Å². The van der Waals surface area contributed by atoms with Crippen LogP contribution in [0.25, 0.3) is 5.69 Å². The standard InChI is InChI=1S/C18H15BrFN3O/c19-15-10-14(11-16(20)12-15)18(24)21-8-6-13-2-4-17(5-3-13)23-9-1-7-22-23/h1-5,7,9-12H,6,8H2,(H,21,24). The summed E-state index contributed by atoms with van der Waals surface area (Å²) in [5, 5.41) is 6.97. The Morgan fingerprint density at radius 1 is 1.21 bits per heavy atom. The SMILES string of the molecule is O=C(NCCc1ccc(-n2cccn2)cc1)c1cc(F)cc(Br)c1. The first kappa shape index (κ1) is 16.4. The molecule has 1 heterocycles. The van der Waals surface area contributed by atoms with Crippen molar-refractivity contribution in [2.75, 3.05) is 6.54 Å². The van der Waals surface area contributed by atoms with Crippen LogP contribution in [0, 0.1) is 5.82 Å². The van der Waals surface area contributed by atoms with Crippen LogP contribution in [0.2, 0.25) is 0 Å². The summed E-state index contributed by atoms with van der Waals surface area (Å²) in [5.41, 5.74) is 2.39. The number of nitrogens with one attached hydrogen (secondary N) is 1. The third-order valence-electron chi connectivity index (χ3n) is 3.53. The minimum absolute atomic E-state index is 0.289. The summed E-state index contributed by atoms with van der Waals surface area (Å²) in [6.07, 6.45) is 4.31. The minimum Gasteiger partial charge on any atom is -0.352 e. The van der Waals surface area contributed by atoms with E-state index in [4.69, 9.17) is 0 Å². The predicted octanol–water partition coefficient (Wildman–Crippen LogP) is 3.75. The second-order valence-electron chi connectivity index (χ2n) is 5.28. The molecule has 2 aromatic carbocycles. The first-order valence-electron chi connectivity index (χ1n) is 7.45. The monoisotopic (exact) mass is 387 g/mol. The van der Waals surface area contributed by atoms with Gasteiger partial charge in [0, 0.05) is 29.0 Å². The molecule has 0 aliphatic carbocycles. The van der Waals surface area contributed by atoms with E-state index in [9.17, 15) is 9.18 Å². The Hall–Kier alpha value is -2.47. The molecule has 4 nitrogen and oxygen atoms in total. The first-order chi connectivity index (χ1) is 11.6. The van der Waals surface area contributed by atoms with Gasteiger partial charge in [-0.1, -0.05) is 28.1 Å². The van der Waals surface area contributed by atoms with Gasteiger partial charge in [-0.2, -0.15) is 5.10 Å². The van der Waals surface area contributed by atoms with Crippen LogP contribution in [-0.2, 0) is 6.42 Å². The summed E-state index contributed by atoms with van der Waals surface area (Å²) in [6.45, 7) is 0.480. The zero-order valence-corrected chi connectivity index (χ0v) is 14.3. The van der Waals surface area contributed by atoms with Crippen molar-refractivity contribution in [3.63, 3.8) is 0 Å². The molecule has 0 bridgehead atoms. The highest BCUT2D eigenvalue weighted by atomic mass is 79.9. The van der Waals surface area contributed by atoms with Gasteiger partial charge in [-0.05, 0) is 48.4 Å². The highest BCUT2D eigenvalue weighted by molar-refractivity contribution is 9.10. The number of hydrogen-bond acceptors (Lipinski definition) is 2. The molecule has 3 rings (SSSR count). The van der Waals surface area contributed by atoms with Crippen molar-refractivity contribution >= 4 is 21.8 Å². The summed E-state index contributed by atoms with van der Waals surface area (Å²) in [5.74, 6) is -0.730. The van der Waals surface area contributed by atoms with Crippen LogP contribution in [0.3, 0.4) is 0 Å². The smallest absolute Gasteiger partial charge is 0.251 e. The number of amides is 1. The third-order valence-corrected chi connectivity index (χ3v) is 3.99. The van der Waals surface area contributed by atoms with Gasteiger partial charge in [0.1, 0.15) is 5.82 Å². The number of aromatic nitrogens is 2. The molecule has 0 radical (unpaired) electrons. The van der Waals surface area contributed by atoms with E-state index < -0.39 is 5.82 Å². The lowest BCUT2D eigenvalue weighted by atomic mass is 10.1. The number of carbonyl (C=O) groups excluding carboxylic acids is 1. The highest BCUT2D eigenvalue weighted by Gasteiger charge is 2.08. The van der Waals surface area contributed by atoms with Gasteiger partial charge >= 0.3 is 0 Å². The summed E-state index contributed by atoms with van der Waals surface area (Å²) in [7, 11) is 0. The molecule has 1 aromatic heterocycles.